The van der Waals surface area contributed by atoms with Crippen LogP contribution in [0.15, 0.2) is 6.20 Å². The maximum absolute atomic E-state index is 4.32. The first-order valence-electron chi connectivity index (χ1n) is 4.99. The number of nitrogens with one attached hydrogen (secondary N) is 1. The van der Waals surface area contributed by atoms with Crippen LogP contribution in [-0.2, 0) is 6.54 Å². The number of rotatable bonds is 5. The van der Waals surface area contributed by atoms with Gasteiger partial charge in [0.1, 0.15) is 0 Å². The first-order valence-corrected chi connectivity index (χ1v) is 5.80. The highest BCUT2D eigenvalue weighted by Gasteiger charge is 2.04. The van der Waals surface area contributed by atoms with Gasteiger partial charge in [-0.15, -0.1) is 23.7 Å². The molecule has 3 nitrogen and oxygen atoms in total. The molecule has 0 spiro atoms. The number of anilines is 1. The number of thiazole rings is 1. The van der Waals surface area contributed by atoms with Gasteiger partial charge in [-0.05, 0) is 13.3 Å². The van der Waals surface area contributed by atoms with E-state index in [1.807, 2.05) is 25.2 Å². The summed E-state index contributed by atoms with van der Waals surface area (Å²) < 4.78 is 0. The van der Waals surface area contributed by atoms with Gasteiger partial charge in [-0.1, -0.05) is 6.92 Å². The number of hydrogen-bond acceptors (Lipinski definition) is 4. The third-order valence-electron chi connectivity index (χ3n) is 2.16. The molecule has 0 aliphatic heterocycles. The summed E-state index contributed by atoms with van der Waals surface area (Å²) in [6.45, 7) is 5.32. The summed E-state index contributed by atoms with van der Waals surface area (Å²) in [6.07, 6.45) is 3.12. The molecule has 0 bridgehead atoms. The minimum atomic E-state index is 0. The van der Waals surface area contributed by atoms with Gasteiger partial charge >= 0.3 is 0 Å². The quantitative estimate of drug-likeness (QED) is 0.869. The Morgan fingerprint density at radius 1 is 1.53 bits per heavy atom. The van der Waals surface area contributed by atoms with Crippen molar-refractivity contribution in [1.82, 2.24) is 10.3 Å². The van der Waals surface area contributed by atoms with E-state index in [0.717, 1.165) is 11.7 Å². The first-order chi connectivity index (χ1) is 6.63. The van der Waals surface area contributed by atoms with Crippen molar-refractivity contribution in [3.8, 4) is 0 Å². The second-order valence-electron chi connectivity index (χ2n) is 3.69. The SMILES string of the molecule is CCC(C)NCc1cnc(N(C)C)s1.Cl. The van der Waals surface area contributed by atoms with Crippen molar-refractivity contribution in [2.75, 3.05) is 19.0 Å². The Labute approximate surface area is 102 Å². The van der Waals surface area contributed by atoms with Crippen LogP contribution in [0.1, 0.15) is 25.1 Å². The molecular weight excluding hydrogens is 230 g/mol. The minimum Gasteiger partial charge on any atom is -0.354 e. The Morgan fingerprint density at radius 3 is 2.67 bits per heavy atom. The zero-order valence-electron chi connectivity index (χ0n) is 9.78. The maximum Gasteiger partial charge on any atom is 0.185 e. The second kappa shape index (κ2) is 7.04. The van der Waals surface area contributed by atoms with Crippen LogP contribution in [0.5, 0.6) is 0 Å². The maximum atomic E-state index is 4.32. The predicted molar refractivity (Wildman–Crippen MR) is 70.3 cm³/mol. The molecular formula is C10H20ClN3S. The van der Waals surface area contributed by atoms with Gasteiger partial charge in [0.25, 0.3) is 0 Å². The van der Waals surface area contributed by atoms with E-state index in [4.69, 9.17) is 0 Å². The molecule has 88 valence electrons. The third-order valence-corrected chi connectivity index (χ3v) is 3.33. The normalized spacial score (nSPS) is 12.0. The lowest BCUT2D eigenvalue weighted by atomic mass is 10.2. The van der Waals surface area contributed by atoms with Crippen LogP contribution in [0.3, 0.4) is 0 Å². The van der Waals surface area contributed by atoms with E-state index in [1.165, 1.54) is 11.3 Å². The highest BCUT2D eigenvalue weighted by molar-refractivity contribution is 7.15. The van der Waals surface area contributed by atoms with Gasteiger partial charge < -0.3 is 10.2 Å². The van der Waals surface area contributed by atoms with Gasteiger partial charge in [0.05, 0.1) is 0 Å². The van der Waals surface area contributed by atoms with Gasteiger partial charge in [-0.25, -0.2) is 4.98 Å². The Hall–Kier alpha value is -0.320. The fourth-order valence-electron chi connectivity index (χ4n) is 1.00. The second-order valence-corrected chi connectivity index (χ2v) is 4.79. The molecule has 5 heteroatoms. The lowest BCUT2D eigenvalue weighted by Gasteiger charge is -2.09. The summed E-state index contributed by atoms with van der Waals surface area (Å²) in [7, 11) is 4.04. The van der Waals surface area contributed by atoms with Crippen LogP contribution in [0.2, 0.25) is 0 Å². The van der Waals surface area contributed by atoms with Crippen molar-refractivity contribution < 1.29 is 0 Å². The monoisotopic (exact) mass is 249 g/mol. The van der Waals surface area contributed by atoms with Crippen molar-refractivity contribution in [2.45, 2.75) is 32.9 Å². The van der Waals surface area contributed by atoms with Crippen LogP contribution in [-0.4, -0.2) is 25.1 Å². The fourth-order valence-corrected chi connectivity index (χ4v) is 1.79. The molecule has 1 aromatic rings. The molecule has 1 rings (SSSR count). The van der Waals surface area contributed by atoms with Crippen LogP contribution >= 0.6 is 23.7 Å². The van der Waals surface area contributed by atoms with Crippen molar-refractivity contribution in [2.24, 2.45) is 0 Å². The van der Waals surface area contributed by atoms with Gasteiger partial charge in [0.15, 0.2) is 5.13 Å². The Bertz CT molecular complexity index is 275. The van der Waals surface area contributed by atoms with Crippen molar-refractivity contribution in [3.63, 3.8) is 0 Å². The Kier molecular flexibility index (Phi) is 6.89. The van der Waals surface area contributed by atoms with Crippen molar-refractivity contribution in [3.05, 3.63) is 11.1 Å². The van der Waals surface area contributed by atoms with E-state index in [0.29, 0.717) is 6.04 Å². The summed E-state index contributed by atoms with van der Waals surface area (Å²) in [4.78, 5) is 7.66. The van der Waals surface area contributed by atoms with E-state index in [9.17, 15) is 0 Å². The van der Waals surface area contributed by atoms with Gasteiger partial charge in [-0.2, -0.15) is 0 Å². The highest BCUT2D eigenvalue weighted by Crippen LogP contribution is 2.20. The smallest absolute Gasteiger partial charge is 0.185 e. The standard InChI is InChI=1S/C10H19N3S.ClH/c1-5-8(2)11-6-9-7-12-10(14-9)13(3)4;/h7-8,11H,5-6H2,1-4H3;1H. The summed E-state index contributed by atoms with van der Waals surface area (Å²) in [5.74, 6) is 0. The lowest BCUT2D eigenvalue weighted by Crippen LogP contribution is -2.23. The van der Waals surface area contributed by atoms with Crippen molar-refractivity contribution in [1.29, 1.82) is 0 Å². The molecule has 1 heterocycles. The zero-order chi connectivity index (χ0) is 10.6. The predicted octanol–water partition coefficient (Wildman–Crippen LogP) is 2.52. The molecule has 1 aromatic heterocycles. The molecule has 1 N–H and O–H groups in total. The molecule has 1 unspecified atom stereocenters. The number of halogens is 1. The molecule has 1 atom stereocenters. The van der Waals surface area contributed by atoms with E-state index < -0.39 is 0 Å². The molecule has 0 aliphatic carbocycles. The fraction of sp³-hybridized carbons (Fsp3) is 0.700. The summed E-state index contributed by atoms with van der Waals surface area (Å²) in [5, 5.41) is 4.53. The minimum absolute atomic E-state index is 0. The van der Waals surface area contributed by atoms with Gasteiger partial charge in [0.2, 0.25) is 0 Å². The van der Waals surface area contributed by atoms with Crippen LogP contribution in [0.4, 0.5) is 5.13 Å². The van der Waals surface area contributed by atoms with E-state index in [-0.39, 0.29) is 12.4 Å². The molecule has 0 radical (unpaired) electrons. The first kappa shape index (κ1) is 14.7. The molecule has 0 saturated heterocycles. The molecule has 15 heavy (non-hydrogen) atoms. The Morgan fingerprint density at radius 2 is 2.20 bits per heavy atom. The zero-order valence-corrected chi connectivity index (χ0v) is 11.4. The van der Waals surface area contributed by atoms with Crippen LogP contribution in [0, 0.1) is 0 Å². The number of hydrogen-bond donors (Lipinski definition) is 1. The van der Waals surface area contributed by atoms with Crippen molar-refractivity contribution >= 4 is 28.9 Å². The van der Waals surface area contributed by atoms with Gasteiger partial charge in [0, 0.05) is 37.8 Å². The molecule has 0 fully saturated rings. The summed E-state index contributed by atoms with van der Waals surface area (Å²) >= 11 is 1.75. The molecule has 0 saturated carbocycles. The van der Waals surface area contributed by atoms with E-state index in [1.54, 1.807) is 11.3 Å². The van der Waals surface area contributed by atoms with E-state index in [2.05, 4.69) is 24.1 Å². The summed E-state index contributed by atoms with van der Waals surface area (Å²) in [6, 6.07) is 0.583. The van der Waals surface area contributed by atoms with Gasteiger partial charge in [-0.3, -0.25) is 0 Å². The van der Waals surface area contributed by atoms with Crippen LogP contribution < -0.4 is 10.2 Å². The Balaban J connectivity index is 0.00000196. The molecule has 0 aliphatic rings. The lowest BCUT2D eigenvalue weighted by molar-refractivity contribution is 0.537. The highest BCUT2D eigenvalue weighted by atomic mass is 35.5. The topological polar surface area (TPSA) is 28.2 Å². The average molecular weight is 250 g/mol. The molecule has 0 aromatic carbocycles. The van der Waals surface area contributed by atoms with Crippen LogP contribution in [0.25, 0.3) is 0 Å². The number of aromatic nitrogens is 1. The summed E-state index contributed by atoms with van der Waals surface area (Å²) in [5.41, 5.74) is 0. The molecule has 0 amide bonds. The third kappa shape index (κ3) is 4.82. The van der Waals surface area contributed by atoms with E-state index >= 15 is 0 Å². The largest absolute Gasteiger partial charge is 0.354 e. The average Bonchev–Trinajstić information content (AvgIpc) is 2.62. The number of nitrogens with zero attached hydrogens (tertiary/aromatic N) is 2.